The van der Waals surface area contributed by atoms with E-state index in [1.165, 1.54) is 67.8 Å². The summed E-state index contributed by atoms with van der Waals surface area (Å²) in [6, 6.07) is 20.7. The third kappa shape index (κ3) is 6.16. The molecule has 0 aliphatic heterocycles. The molecule has 0 bridgehead atoms. The van der Waals surface area contributed by atoms with Gasteiger partial charge in [0, 0.05) is 18.8 Å². The minimum Gasteiger partial charge on any atom is -0.489 e. The van der Waals surface area contributed by atoms with Crippen LogP contribution >= 0.6 is 0 Å². The van der Waals surface area contributed by atoms with Crippen LogP contribution in [-0.2, 0) is 34.3 Å². The number of benzene rings is 3. The summed E-state index contributed by atoms with van der Waals surface area (Å²) >= 11 is 0. The molecule has 1 heterocycles. The van der Waals surface area contributed by atoms with Crippen LogP contribution in [0.2, 0.25) is 0 Å². The molecule has 1 atom stereocenters. The van der Waals surface area contributed by atoms with E-state index in [1.54, 1.807) is 24.3 Å². The second-order valence-electron chi connectivity index (χ2n) is 9.05. The Morgan fingerprint density at radius 3 is 1.77 bits per heavy atom. The van der Waals surface area contributed by atoms with Crippen molar-refractivity contribution in [1.82, 2.24) is 4.57 Å². The van der Waals surface area contributed by atoms with Gasteiger partial charge < -0.3 is 14.0 Å². The second-order valence-corrected chi connectivity index (χ2v) is 9.05. The molecule has 1 aromatic heterocycles. The van der Waals surface area contributed by atoms with Crippen molar-refractivity contribution < 1.29 is 40.6 Å². The molecule has 0 spiro atoms. The molecule has 0 aliphatic rings. The Labute approximate surface area is 226 Å². The number of nitrogens with zero attached hydrogens (tertiary/aromatic N) is 1. The lowest BCUT2D eigenvalue weighted by Crippen LogP contribution is -2.56. The van der Waals surface area contributed by atoms with Crippen molar-refractivity contribution in [3.63, 3.8) is 0 Å². The van der Waals surface area contributed by atoms with Crippen LogP contribution in [0.5, 0.6) is 5.75 Å². The molecule has 4 aromatic rings. The summed E-state index contributed by atoms with van der Waals surface area (Å²) in [5.74, 6) is -0.982. The number of rotatable bonds is 9. The van der Waals surface area contributed by atoms with E-state index >= 15 is 0 Å². The highest BCUT2D eigenvalue weighted by atomic mass is 19.4. The molecule has 0 saturated carbocycles. The molecule has 0 fully saturated rings. The number of halogens is 6. The Hall–Kier alpha value is -4.21. The predicted octanol–water partition coefficient (Wildman–Crippen LogP) is 7.82. The number of carbonyl (C=O) groups excluding carboxylic acids is 1. The third-order valence-corrected chi connectivity index (χ3v) is 6.42. The fraction of sp³-hybridized carbons (Fsp3) is 0.233. The first kappa shape index (κ1) is 28.8. The van der Waals surface area contributed by atoms with E-state index in [4.69, 9.17) is 9.47 Å². The lowest BCUT2D eigenvalue weighted by molar-refractivity contribution is -0.227. The summed E-state index contributed by atoms with van der Waals surface area (Å²) in [5, 5.41) is 0. The molecule has 4 rings (SSSR count). The topological polar surface area (TPSA) is 40.5 Å². The monoisotopic (exact) mass is 561 g/mol. The molecule has 0 aliphatic carbocycles. The van der Waals surface area contributed by atoms with Crippen LogP contribution in [0, 0.1) is 0 Å². The molecule has 0 unspecified atom stereocenters. The van der Waals surface area contributed by atoms with E-state index in [0.717, 1.165) is 27.8 Å². The number of hydrogen-bond acceptors (Lipinski definition) is 3. The highest BCUT2D eigenvalue weighted by Crippen LogP contribution is 2.41. The first-order valence-corrected chi connectivity index (χ1v) is 12.3. The highest BCUT2D eigenvalue weighted by molar-refractivity contribution is 5.80. The maximum Gasteiger partial charge on any atom is 0.423 e. The Bertz CT molecular complexity index is 1390. The normalized spacial score (nSPS) is 13.5. The van der Waals surface area contributed by atoms with Gasteiger partial charge in [-0.2, -0.15) is 26.3 Å². The average Bonchev–Trinajstić information content (AvgIpc) is 3.46. The summed E-state index contributed by atoms with van der Waals surface area (Å²) < 4.78 is 93.0. The zero-order valence-corrected chi connectivity index (χ0v) is 21.3. The highest BCUT2D eigenvalue weighted by Gasteiger charge is 2.62. The van der Waals surface area contributed by atoms with Crippen molar-refractivity contribution in [3.05, 3.63) is 114 Å². The average molecular weight is 562 g/mol. The number of ether oxygens (including phenoxy) is 2. The molecule has 10 heteroatoms. The van der Waals surface area contributed by atoms with E-state index in [0.29, 0.717) is 11.3 Å². The van der Waals surface area contributed by atoms with Gasteiger partial charge in [0.25, 0.3) is 0 Å². The van der Waals surface area contributed by atoms with E-state index in [-0.39, 0.29) is 18.8 Å². The summed E-state index contributed by atoms with van der Waals surface area (Å²) in [7, 11) is 0. The lowest BCUT2D eigenvalue weighted by atomic mass is 9.89. The van der Waals surface area contributed by atoms with Crippen molar-refractivity contribution in [2.75, 3.05) is 6.61 Å². The molecular weight excluding hydrogens is 536 g/mol. The Kier molecular flexibility index (Phi) is 8.27. The Balaban J connectivity index is 1.44. The predicted molar refractivity (Wildman–Crippen MR) is 136 cm³/mol. The van der Waals surface area contributed by atoms with Gasteiger partial charge in [-0.05, 0) is 65.6 Å². The molecule has 0 amide bonds. The van der Waals surface area contributed by atoms with Gasteiger partial charge in [0.2, 0.25) is 5.54 Å². The van der Waals surface area contributed by atoms with E-state index in [2.05, 4.69) is 0 Å². The first-order valence-electron chi connectivity index (χ1n) is 12.3. The summed E-state index contributed by atoms with van der Waals surface area (Å²) in [6.07, 6.45) is -7.63. The molecule has 0 saturated heterocycles. The van der Waals surface area contributed by atoms with Crippen LogP contribution in [0.1, 0.15) is 23.6 Å². The van der Waals surface area contributed by atoms with E-state index < -0.39 is 35.8 Å². The maximum absolute atomic E-state index is 14.4. The van der Waals surface area contributed by atoms with Gasteiger partial charge in [-0.15, -0.1) is 0 Å². The second kappa shape index (κ2) is 11.5. The smallest absolute Gasteiger partial charge is 0.423 e. The molecule has 210 valence electrons. The zero-order valence-electron chi connectivity index (χ0n) is 21.3. The van der Waals surface area contributed by atoms with Gasteiger partial charge >= 0.3 is 18.3 Å². The van der Waals surface area contributed by atoms with E-state index in [1.807, 2.05) is 0 Å². The SMILES string of the molecule is CCOC(=O)[C@@](Cc1ccc(OCc2ccc(-c3ccc(C(F)(F)F)cc3)cc2)cc1)(n1cccc1)C(F)(F)F. The molecule has 4 nitrogen and oxygen atoms in total. The van der Waals surface area contributed by atoms with Gasteiger partial charge in [0.05, 0.1) is 12.2 Å². The number of aromatic nitrogens is 1. The van der Waals surface area contributed by atoms with Gasteiger partial charge in [0.1, 0.15) is 12.4 Å². The largest absolute Gasteiger partial charge is 0.489 e. The van der Waals surface area contributed by atoms with Crippen molar-refractivity contribution in [2.24, 2.45) is 0 Å². The van der Waals surface area contributed by atoms with Gasteiger partial charge in [-0.3, -0.25) is 0 Å². The van der Waals surface area contributed by atoms with E-state index in [9.17, 15) is 31.1 Å². The summed E-state index contributed by atoms with van der Waals surface area (Å²) in [5.41, 5.74) is -1.24. The number of esters is 1. The molecule has 3 aromatic carbocycles. The molecule has 40 heavy (non-hydrogen) atoms. The minimum absolute atomic E-state index is 0.158. The number of carbonyl (C=O) groups is 1. The van der Waals surface area contributed by atoms with Crippen molar-refractivity contribution in [2.45, 2.75) is 37.8 Å². The van der Waals surface area contributed by atoms with Crippen LogP contribution in [-0.4, -0.2) is 23.3 Å². The number of hydrogen-bond donors (Lipinski definition) is 0. The number of alkyl halides is 6. The van der Waals surface area contributed by atoms with Crippen LogP contribution < -0.4 is 4.74 Å². The first-order chi connectivity index (χ1) is 18.9. The lowest BCUT2D eigenvalue weighted by Gasteiger charge is -2.35. The van der Waals surface area contributed by atoms with Crippen molar-refractivity contribution in [3.8, 4) is 16.9 Å². The fourth-order valence-corrected chi connectivity index (χ4v) is 4.28. The van der Waals surface area contributed by atoms with Gasteiger partial charge in [-0.1, -0.05) is 48.5 Å². The fourth-order valence-electron chi connectivity index (χ4n) is 4.28. The Morgan fingerprint density at radius 1 is 0.750 bits per heavy atom. The summed E-state index contributed by atoms with van der Waals surface area (Å²) in [4.78, 5) is 12.7. The minimum atomic E-state index is -4.93. The van der Waals surface area contributed by atoms with Crippen molar-refractivity contribution >= 4 is 5.97 Å². The maximum atomic E-state index is 14.4. The molecule has 0 N–H and O–H groups in total. The van der Waals surface area contributed by atoms with Crippen LogP contribution in [0.4, 0.5) is 26.3 Å². The third-order valence-electron chi connectivity index (χ3n) is 6.42. The zero-order chi connectivity index (χ0) is 29.0. The van der Waals surface area contributed by atoms with Gasteiger partial charge in [-0.25, -0.2) is 4.79 Å². The van der Waals surface area contributed by atoms with Crippen LogP contribution in [0.15, 0.2) is 97.3 Å². The molecule has 0 radical (unpaired) electrons. The molecular formula is C30H25F6NO3. The van der Waals surface area contributed by atoms with Crippen LogP contribution in [0.3, 0.4) is 0 Å². The standard InChI is InChI=1S/C30H25F6NO3/c1-2-39-27(38)28(30(34,35)36,37-17-3-4-18-37)19-21-7-15-26(16-8-21)40-20-22-5-9-23(10-6-22)24-11-13-25(14-12-24)29(31,32)33/h3-18H,2,19-20H2,1H3/t28-/m1/s1. The van der Waals surface area contributed by atoms with Crippen LogP contribution in [0.25, 0.3) is 11.1 Å². The Morgan fingerprint density at radius 2 is 1.27 bits per heavy atom. The van der Waals surface area contributed by atoms with Gasteiger partial charge in [0.15, 0.2) is 0 Å². The quantitative estimate of drug-likeness (QED) is 0.155. The van der Waals surface area contributed by atoms with Crippen molar-refractivity contribution in [1.29, 1.82) is 0 Å². The summed E-state index contributed by atoms with van der Waals surface area (Å²) in [6.45, 7) is 1.41.